The van der Waals surface area contributed by atoms with Gasteiger partial charge in [-0.1, -0.05) is 18.2 Å². The molecular formula is C16H17NO4. The van der Waals surface area contributed by atoms with Crippen LogP contribution in [-0.4, -0.2) is 24.3 Å². The van der Waals surface area contributed by atoms with E-state index in [1.54, 1.807) is 13.0 Å². The zero-order chi connectivity index (χ0) is 15.2. The largest absolute Gasteiger partial charge is 0.490 e. The number of anilines is 1. The van der Waals surface area contributed by atoms with Crippen LogP contribution >= 0.6 is 0 Å². The Morgan fingerprint density at radius 2 is 1.71 bits per heavy atom. The highest BCUT2D eigenvalue weighted by molar-refractivity contribution is 5.95. The first-order valence-corrected chi connectivity index (χ1v) is 6.52. The molecule has 110 valence electrons. The molecule has 0 heterocycles. The van der Waals surface area contributed by atoms with Crippen LogP contribution in [-0.2, 0) is 0 Å². The van der Waals surface area contributed by atoms with E-state index >= 15 is 0 Å². The fourth-order valence-corrected chi connectivity index (χ4v) is 1.86. The molecule has 0 aliphatic carbocycles. The Morgan fingerprint density at radius 1 is 1.10 bits per heavy atom. The SMILES string of the molecule is Cc1cc(OCCOc2ccccc2)cc(C(=O)O)c1N. The van der Waals surface area contributed by atoms with Crippen LogP contribution in [0.3, 0.4) is 0 Å². The van der Waals surface area contributed by atoms with E-state index in [1.165, 1.54) is 6.07 Å². The standard InChI is InChI=1S/C16H17NO4/c1-11-9-13(10-14(15(11)17)16(18)19)21-8-7-20-12-5-3-2-4-6-12/h2-6,9-10H,7-8,17H2,1H3,(H,18,19). The zero-order valence-corrected chi connectivity index (χ0v) is 11.7. The number of hydrogen-bond donors (Lipinski definition) is 2. The molecular weight excluding hydrogens is 270 g/mol. The Morgan fingerprint density at radius 3 is 2.33 bits per heavy atom. The number of carbonyl (C=O) groups is 1. The van der Waals surface area contributed by atoms with E-state index in [9.17, 15) is 4.79 Å². The molecule has 2 aromatic rings. The number of hydrogen-bond acceptors (Lipinski definition) is 4. The molecule has 0 unspecified atom stereocenters. The van der Waals surface area contributed by atoms with Gasteiger partial charge in [-0.3, -0.25) is 0 Å². The van der Waals surface area contributed by atoms with Crippen molar-refractivity contribution in [3.05, 3.63) is 53.6 Å². The summed E-state index contributed by atoms with van der Waals surface area (Å²) in [5, 5.41) is 9.07. The van der Waals surface area contributed by atoms with Crippen molar-refractivity contribution in [2.75, 3.05) is 18.9 Å². The van der Waals surface area contributed by atoms with Crippen LogP contribution < -0.4 is 15.2 Å². The molecule has 5 nitrogen and oxygen atoms in total. The van der Waals surface area contributed by atoms with E-state index < -0.39 is 5.97 Å². The van der Waals surface area contributed by atoms with Crippen LogP contribution in [0.2, 0.25) is 0 Å². The van der Waals surface area contributed by atoms with Crippen LogP contribution in [0, 0.1) is 6.92 Å². The summed E-state index contributed by atoms with van der Waals surface area (Å²) in [4.78, 5) is 11.1. The van der Waals surface area contributed by atoms with Gasteiger partial charge >= 0.3 is 5.97 Å². The highest BCUT2D eigenvalue weighted by atomic mass is 16.5. The molecule has 0 aliphatic rings. The fourth-order valence-electron chi connectivity index (χ4n) is 1.86. The predicted octanol–water partition coefficient (Wildman–Crippen LogP) is 2.73. The van der Waals surface area contributed by atoms with Crippen LogP contribution in [0.4, 0.5) is 5.69 Å². The van der Waals surface area contributed by atoms with Gasteiger partial charge in [-0.05, 0) is 36.8 Å². The molecule has 0 aromatic heterocycles. The number of carboxylic acids is 1. The molecule has 0 saturated heterocycles. The number of aryl methyl sites for hydroxylation is 1. The topological polar surface area (TPSA) is 81.8 Å². The Kier molecular flexibility index (Phi) is 4.66. The van der Waals surface area contributed by atoms with Gasteiger partial charge in [-0.2, -0.15) is 0 Å². The summed E-state index contributed by atoms with van der Waals surface area (Å²) in [6, 6.07) is 12.5. The van der Waals surface area contributed by atoms with Gasteiger partial charge in [-0.25, -0.2) is 4.79 Å². The van der Waals surface area contributed by atoms with Crippen LogP contribution in [0.5, 0.6) is 11.5 Å². The van der Waals surface area contributed by atoms with Crippen LogP contribution in [0.1, 0.15) is 15.9 Å². The number of benzene rings is 2. The first-order chi connectivity index (χ1) is 10.1. The predicted molar refractivity (Wildman–Crippen MR) is 80.0 cm³/mol. The lowest BCUT2D eigenvalue weighted by Gasteiger charge is -2.11. The van der Waals surface area contributed by atoms with Gasteiger partial charge in [0, 0.05) is 5.69 Å². The van der Waals surface area contributed by atoms with E-state index in [0.717, 1.165) is 5.75 Å². The second-order valence-electron chi connectivity index (χ2n) is 4.52. The number of carboxylic acid groups (broad SMARTS) is 1. The van der Waals surface area contributed by atoms with Crippen molar-refractivity contribution in [3.8, 4) is 11.5 Å². The minimum Gasteiger partial charge on any atom is -0.490 e. The van der Waals surface area contributed by atoms with Gasteiger partial charge < -0.3 is 20.3 Å². The molecule has 0 saturated carbocycles. The Bertz CT molecular complexity index is 626. The van der Waals surface area contributed by atoms with E-state index in [1.807, 2.05) is 30.3 Å². The summed E-state index contributed by atoms with van der Waals surface area (Å²) >= 11 is 0. The normalized spacial score (nSPS) is 10.1. The van der Waals surface area contributed by atoms with Crippen LogP contribution in [0.25, 0.3) is 0 Å². The molecule has 5 heteroatoms. The van der Waals surface area contributed by atoms with E-state index in [4.69, 9.17) is 20.3 Å². The van der Waals surface area contributed by atoms with Gasteiger partial charge in [0.05, 0.1) is 5.56 Å². The lowest BCUT2D eigenvalue weighted by molar-refractivity contribution is 0.0697. The van der Waals surface area contributed by atoms with Gasteiger partial charge in [0.25, 0.3) is 0 Å². The fraction of sp³-hybridized carbons (Fsp3) is 0.188. The average molecular weight is 287 g/mol. The van der Waals surface area contributed by atoms with Crippen molar-refractivity contribution in [3.63, 3.8) is 0 Å². The molecule has 0 atom stereocenters. The maximum atomic E-state index is 11.1. The summed E-state index contributed by atoms with van der Waals surface area (Å²) in [5.41, 5.74) is 6.71. The quantitative estimate of drug-likeness (QED) is 0.630. The van der Waals surface area contributed by atoms with E-state index in [-0.39, 0.29) is 11.3 Å². The average Bonchev–Trinajstić information content (AvgIpc) is 2.47. The minimum absolute atomic E-state index is 0.0500. The van der Waals surface area contributed by atoms with E-state index in [2.05, 4.69) is 0 Å². The molecule has 0 amide bonds. The third kappa shape index (κ3) is 3.89. The lowest BCUT2D eigenvalue weighted by Crippen LogP contribution is -2.10. The maximum Gasteiger partial charge on any atom is 0.337 e. The molecule has 0 spiro atoms. The molecule has 2 rings (SSSR count). The zero-order valence-electron chi connectivity index (χ0n) is 11.7. The van der Waals surface area contributed by atoms with Gasteiger partial charge in [0.15, 0.2) is 0 Å². The Hall–Kier alpha value is -2.69. The first kappa shape index (κ1) is 14.7. The smallest absolute Gasteiger partial charge is 0.337 e. The highest BCUT2D eigenvalue weighted by Crippen LogP contribution is 2.24. The molecule has 0 bridgehead atoms. The number of aromatic carboxylic acids is 1. The summed E-state index contributed by atoms with van der Waals surface area (Å²) in [6.07, 6.45) is 0. The van der Waals surface area contributed by atoms with Crippen molar-refractivity contribution in [1.29, 1.82) is 0 Å². The first-order valence-electron chi connectivity index (χ1n) is 6.52. The second-order valence-corrected chi connectivity index (χ2v) is 4.52. The summed E-state index contributed by atoms with van der Waals surface area (Å²) < 4.78 is 11.0. The second kappa shape index (κ2) is 6.65. The number of ether oxygens (including phenoxy) is 2. The number of rotatable bonds is 6. The van der Waals surface area contributed by atoms with Crippen molar-refractivity contribution >= 4 is 11.7 Å². The third-order valence-corrected chi connectivity index (χ3v) is 2.95. The van der Waals surface area contributed by atoms with Crippen molar-refractivity contribution in [2.24, 2.45) is 0 Å². The molecule has 0 aliphatic heterocycles. The Labute approximate surface area is 122 Å². The number of nitrogen functional groups attached to an aromatic ring is 1. The van der Waals surface area contributed by atoms with Crippen LogP contribution in [0.15, 0.2) is 42.5 Å². The van der Waals surface area contributed by atoms with Gasteiger partial charge in [0.2, 0.25) is 0 Å². The summed E-state index contributed by atoms with van der Waals surface area (Å²) in [5.74, 6) is 0.165. The van der Waals surface area contributed by atoms with Crippen molar-refractivity contribution < 1.29 is 19.4 Å². The molecule has 21 heavy (non-hydrogen) atoms. The molecule has 2 aromatic carbocycles. The minimum atomic E-state index is -1.07. The summed E-state index contributed by atoms with van der Waals surface area (Å²) in [7, 11) is 0. The molecule has 0 fully saturated rings. The monoisotopic (exact) mass is 287 g/mol. The highest BCUT2D eigenvalue weighted by Gasteiger charge is 2.12. The molecule has 0 radical (unpaired) electrons. The number of para-hydroxylation sites is 1. The van der Waals surface area contributed by atoms with Gasteiger partial charge in [0.1, 0.15) is 24.7 Å². The molecule has 3 N–H and O–H groups in total. The van der Waals surface area contributed by atoms with Crippen molar-refractivity contribution in [1.82, 2.24) is 0 Å². The van der Waals surface area contributed by atoms with Crippen molar-refractivity contribution in [2.45, 2.75) is 6.92 Å². The maximum absolute atomic E-state index is 11.1. The lowest BCUT2D eigenvalue weighted by atomic mass is 10.1. The summed E-state index contributed by atoms with van der Waals surface area (Å²) in [6.45, 7) is 2.43. The Balaban J connectivity index is 1.93. The van der Waals surface area contributed by atoms with Gasteiger partial charge in [-0.15, -0.1) is 0 Å². The number of nitrogens with two attached hydrogens (primary N) is 1. The third-order valence-electron chi connectivity index (χ3n) is 2.95. The van der Waals surface area contributed by atoms with E-state index in [0.29, 0.717) is 24.5 Å².